The summed E-state index contributed by atoms with van der Waals surface area (Å²) in [5.74, 6) is 4.82. The lowest BCUT2D eigenvalue weighted by Gasteiger charge is -2.57. The maximum absolute atomic E-state index is 7.30. The lowest BCUT2D eigenvalue weighted by atomic mass is 9.48. The van der Waals surface area contributed by atoms with Crippen LogP contribution in [-0.2, 0) is 5.41 Å². The topological polar surface area (TPSA) is 43.0 Å². The molecule has 0 atom stereocenters. The largest absolute Gasteiger partial charge is 0.238 e. The van der Waals surface area contributed by atoms with E-state index in [0.29, 0.717) is 28.6 Å². The van der Waals surface area contributed by atoms with E-state index in [9.17, 15) is 0 Å². The molecule has 4 nitrogen and oxygen atoms in total. The molecule has 0 aliphatic heterocycles. The van der Waals surface area contributed by atoms with Crippen molar-refractivity contribution in [3.05, 3.63) is 144 Å². The average molecular weight is 621 g/mol. The Morgan fingerprint density at radius 1 is 0.458 bits per heavy atom. The fraction of sp³-hybridized carbons (Fsp3) is 0.227. The molecule has 5 aromatic carbocycles. The maximum Gasteiger partial charge on any atom is 0.187 e. The normalized spacial score (nSPS) is 22.4. The summed E-state index contributed by atoms with van der Waals surface area (Å²) in [6.45, 7) is 7.30. The van der Waals surface area contributed by atoms with Gasteiger partial charge in [0.05, 0.1) is 6.57 Å². The van der Waals surface area contributed by atoms with Gasteiger partial charge in [0.25, 0.3) is 0 Å². The molecule has 4 aliphatic carbocycles. The van der Waals surface area contributed by atoms with Crippen molar-refractivity contribution in [3.8, 4) is 56.4 Å². The van der Waals surface area contributed by atoms with Crippen molar-refractivity contribution in [2.24, 2.45) is 17.8 Å². The van der Waals surface area contributed by atoms with Crippen molar-refractivity contribution in [2.45, 2.75) is 43.9 Å². The molecule has 232 valence electrons. The first-order valence-electron chi connectivity index (χ1n) is 17.2. The molecule has 1 aromatic heterocycles. The van der Waals surface area contributed by atoms with E-state index in [2.05, 4.69) is 89.8 Å². The van der Waals surface area contributed by atoms with Gasteiger partial charge < -0.3 is 0 Å². The van der Waals surface area contributed by atoms with Crippen LogP contribution in [0.4, 0.5) is 5.69 Å². The van der Waals surface area contributed by atoms with Crippen LogP contribution in [0.15, 0.2) is 127 Å². The van der Waals surface area contributed by atoms with Crippen LogP contribution in [0.25, 0.3) is 61.3 Å². The molecule has 0 amide bonds. The zero-order valence-corrected chi connectivity index (χ0v) is 26.9. The zero-order chi connectivity index (χ0) is 32.1. The van der Waals surface area contributed by atoms with Gasteiger partial charge in [0, 0.05) is 16.7 Å². The van der Waals surface area contributed by atoms with Crippen molar-refractivity contribution < 1.29 is 0 Å². The van der Waals surface area contributed by atoms with Gasteiger partial charge in [-0.05, 0) is 89.5 Å². The van der Waals surface area contributed by atoms with E-state index in [1.54, 1.807) is 0 Å². The average Bonchev–Trinajstić information content (AvgIpc) is 3.15. The molecular weight excluding hydrogens is 585 g/mol. The van der Waals surface area contributed by atoms with Crippen LogP contribution in [0.5, 0.6) is 0 Å². The molecule has 4 fully saturated rings. The first-order chi connectivity index (χ1) is 23.6. The summed E-state index contributed by atoms with van der Waals surface area (Å²) in [6.07, 6.45) is 8.46. The maximum atomic E-state index is 7.30. The highest BCUT2D eigenvalue weighted by atomic mass is 15.0. The van der Waals surface area contributed by atoms with E-state index < -0.39 is 0 Å². The van der Waals surface area contributed by atoms with E-state index >= 15 is 0 Å². The summed E-state index contributed by atoms with van der Waals surface area (Å²) in [6, 6.07) is 44.1. The smallest absolute Gasteiger partial charge is 0.187 e. The fourth-order valence-corrected chi connectivity index (χ4v) is 9.29. The Kier molecular flexibility index (Phi) is 7.01. The van der Waals surface area contributed by atoms with E-state index in [1.807, 2.05) is 42.5 Å². The minimum absolute atomic E-state index is 0.369. The summed E-state index contributed by atoms with van der Waals surface area (Å²) in [7, 11) is 0. The van der Waals surface area contributed by atoms with Gasteiger partial charge in [-0.1, -0.05) is 127 Å². The second-order valence-electron chi connectivity index (χ2n) is 14.2. The molecule has 1 heterocycles. The molecule has 0 saturated heterocycles. The quantitative estimate of drug-likeness (QED) is 0.174. The van der Waals surface area contributed by atoms with Crippen molar-refractivity contribution >= 4 is 5.69 Å². The van der Waals surface area contributed by atoms with Crippen LogP contribution in [0.1, 0.15) is 44.1 Å². The Morgan fingerprint density at radius 2 is 0.854 bits per heavy atom. The number of rotatable bonds is 6. The Bertz CT molecular complexity index is 2110. The van der Waals surface area contributed by atoms with Gasteiger partial charge in [0.2, 0.25) is 0 Å². The standard InChI is InChI=1S/C44H36N4/c1-45-38-21-17-33(18-22-38)40-10-6-5-9-39(40)32-11-13-35(14-12-32)42-46-41(34-7-3-2-4-8-34)47-43(48-42)36-15-19-37(20-16-36)44-26-29-23-30(27-44)25-31(24-29)28-44/h2-22,29-31H,23-28H2. The second-order valence-corrected chi connectivity index (χ2v) is 14.2. The molecule has 0 unspecified atom stereocenters. The van der Waals surface area contributed by atoms with E-state index in [-0.39, 0.29) is 0 Å². The van der Waals surface area contributed by atoms with Crippen molar-refractivity contribution in [2.75, 3.05) is 0 Å². The summed E-state index contributed by atoms with van der Waals surface area (Å²) < 4.78 is 0. The van der Waals surface area contributed by atoms with Crippen LogP contribution in [0, 0.1) is 24.3 Å². The first-order valence-corrected chi connectivity index (χ1v) is 17.2. The summed E-state index contributed by atoms with van der Waals surface area (Å²) in [4.78, 5) is 18.6. The highest BCUT2D eigenvalue weighted by Gasteiger charge is 2.51. The third kappa shape index (κ3) is 5.20. The van der Waals surface area contributed by atoms with Crippen LogP contribution >= 0.6 is 0 Å². The predicted octanol–water partition coefficient (Wildman–Crippen LogP) is 11.2. The molecule has 4 saturated carbocycles. The summed E-state index contributed by atoms with van der Waals surface area (Å²) >= 11 is 0. The highest BCUT2D eigenvalue weighted by molar-refractivity contribution is 5.84. The fourth-order valence-electron chi connectivity index (χ4n) is 9.29. The molecule has 10 rings (SSSR count). The zero-order valence-electron chi connectivity index (χ0n) is 26.9. The third-order valence-electron chi connectivity index (χ3n) is 11.1. The molecule has 6 aromatic rings. The van der Waals surface area contributed by atoms with Gasteiger partial charge in [-0.25, -0.2) is 19.8 Å². The minimum atomic E-state index is 0.369. The Balaban J connectivity index is 1.06. The number of aromatic nitrogens is 3. The number of hydrogen-bond donors (Lipinski definition) is 0. The molecule has 0 radical (unpaired) electrons. The molecule has 0 N–H and O–H groups in total. The number of hydrogen-bond acceptors (Lipinski definition) is 3. The van der Waals surface area contributed by atoms with E-state index in [0.717, 1.165) is 56.7 Å². The van der Waals surface area contributed by atoms with Gasteiger partial charge in [0.1, 0.15) is 0 Å². The van der Waals surface area contributed by atoms with Crippen LogP contribution in [-0.4, -0.2) is 15.0 Å². The molecule has 0 spiro atoms. The number of nitrogens with zero attached hydrogens (tertiary/aromatic N) is 4. The van der Waals surface area contributed by atoms with Crippen molar-refractivity contribution in [1.82, 2.24) is 15.0 Å². The molecule has 4 heteroatoms. The Labute approximate surface area is 282 Å². The Morgan fingerprint density at radius 3 is 1.33 bits per heavy atom. The van der Waals surface area contributed by atoms with Crippen LogP contribution < -0.4 is 0 Å². The summed E-state index contributed by atoms with van der Waals surface area (Å²) in [5, 5.41) is 0. The minimum Gasteiger partial charge on any atom is -0.238 e. The molecule has 4 bridgehead atoms. The van der Waals surface area contributed by atoms with Crippen molar-refractivity contribution in [3.63, 3.8) is 0 Å². The third-order valence-corrected chi connectivity index (χ3v) is 11.1. The summed E-state index contributed by atoms with van der Waals surface area (Å²) in [5.41, 5.74) is 9.95. The van der Waals surface area contributed by atoms with Gasteiger partial charge >= 0.3 is 0 Å². The van der Waals surface area contributed by atoms with Crippen LogP contribution in [0.3, 0.4) is 0 Å². The van der Waals surface area contributed by atoms with Gasteiger partial charge in [-0.15, -0.1) is 0 Å². The van der Waals surface area contributed by atoms with E-state index in [1.165, 1.54) is 44.1 Å². The number of benzene rings is 5. The lowest BCUT2D eigenvalue weighted by Crippen LogP contribution is -2.48. The predicted molar refractivity (Wildman–Crippen MR) is 193 cm³/mol. The second kappa shape index (κ2) is 11.7. The van der Waals surface area contributed by atoms with Gasteiger partial charge in [-0.3, -0.25) is 0 Å². The van der Waals surface area contributed by atoms with Crippen LogP contribution in [0.2, 0.25) is 0 Å². The van der Waals surface area contributed by atoms with Gasteiger partial charge in [-0.2, -0.15) is 0 Å². The first kappa shape index (κ1) is 28.8. The monoisotopic (exact) mass is 620 g/mol. The van der Waals surface area contributed by atoms with E-state index in [4.69, 9.17) is 21.5 Å². The molecule has 4 aliphatic rings. The molecular formula is C44H36N4. The van der Waals surface area contributed by atoms with Gasteiger partial charge in [0.15, 0.2) is 23.2 Å². The lowest BCUT2D eigenvalue weighted by molar-refractivity contribution is -0.00518. The Hall–Kier alpha value is -5.40. The highest BCUT2D eigenvalue weighted by Crippen LogP contribution is 2.60. The molecule has 48 heavy (non-hydrogen) atoms. The van der Waals surface area contributed by atoms with Crippen molar-refractivity contribution in [1.29, 1.82) is 0 Å². The SMILES string of the molecule is [C-]#[N+]c1ccc(-c2ccccc2-c2ccc(-c3nc(-c4ccccc4)nc(-c4ccc(C56CC7CC(CC(C7)C5)C6)cc4)n3)cc2)cc1.